The SMILES string of the molecule is CCOc1ccccc1/C=C1/Sc2ccccc2NC1=O. The van der Waals surface area contributed by atoms with Crippen molar-refractivity contribution >= 4 is 29.4 Å². The summed E-state index contributed by atoms with van der Waals surface area (Å²) in [5, 5.41) is 2.91. The van der Waals surface area contributed by atoms with Gasteiger partial charge in [-0.1, -0.05) is 42.1 Å². The molecular weight excluding hydrogens is 282 g/mol. The Labute approximate surface area is 128 Å². The number of thioether (sulfide) groups is 1. The average Bonchev–Trinajstić information content (AvgIpc) is 2.50. The molecule has 0 bridgehead atoms. The molecule has 3 nitrogen and oxygen atoms in total. The molecule has 4 heteroatoms. The van der Waals surface area contributed by atoms with Crippen LogP contribution in [0.15, 0.2) is 58.3 Å². The van der Waals surface area contributed by atoms with Crippen LogP contribution in [0.1, 0.15) is 12.5 Å². The Hall–Kier alpha value is -2.20. The van der Waals surface area contributed by atoms with Gasteiger partial charge in [0.15, 0.2) is 0 Å². The Morgan fingerprint density at radius 2 is 1.90 bits per heavy atom. The van der Waals surface area contributed by atoms with E-state index in [0.29, 0.717) is 11.5 Å². The fourth-order valence-electron chi connectivity index (χ4n) is 2.13. The second-order valence-electron chi connectivity index (χ2n) is 4.53. The molecule has 0 spiro atoms. The van der Waals surface area contributed by atoms with Crippen LogP contribution in [0.2, 0.25) is 0 Å². The van der Waals surface area contributed by atoms with Gasteiger partial charge in [-0.3, -0.25) is 4.79 Å². The van der Waals surface area contributed by atoms with Crippen molar-refractivity contribution in [1.82, 2.24) is 0 Å². The van der Waals surface area contributed by atoms with Crippen LogP contribution in [0.25, 0.3) is 6.08 Å². The maximum atomic E-state index is 12.2. The highest BCUT2D eigenvalue weighted by Gasteiger charge is 2.20. The second-order valence-corrected chi connectivity index (χ2v) is 5.62. The predicted molar refractivity (Wildman–Crippen MR) is 86.5 cm³/mol. The molecule has 1 amide bonds. The van der Waals surface area contributed by atoms with Gasteiger partial charge in [0, 0.05) is 10.5 Å². The molecule has 0 aromatic heterocycles. The van der Waals surface area contributed by atoms with E-state index in [-0.39, 0.29) is 5.91 Å². The Bertz CT molecular complexity index is 709. The van der Waals surface area contributed by atoms with Gasteiger partial charge < -0.3 is 10.1 Å². The van der Waals surface area contributed by atoms with E-state index in [1.165, 1.54) is 11.8 Å². The van der Waals surface area contributed by atoms with Gasteiger partial charge in [0.2, 0.25) is 0 Å². The van der Waals surface area contributed by atoms with Gasteiger partial charge in [-0.05, 0) is 31.2 Å². The molecule has 106 valence electrons. The van der Waals surface area contributed by atoms with Crippen molar-refractivity contribution in [2.24, 2.45) is 0 Å². The van der Waals surface area contributed by atoms with Crippen molar-refractivity contribution in [3.8, 4) is 5.75 Å². The number of hydrogen-bond donors (Lipinski definition) is 1. The van der Waals surface area contributed by atoms with E-state index in [9.17, 15) is 4.79 Å². The van der Waals surface area contributed by atoms with Gasteiger partial charge >= 0.3 is 0 Å². The highest BCUT2D eigenvalue weighted by molar-refractivity contribution is 8.04. The number of hydrogen-bond acceptors (Lipinski definition) is 3. The molecule has 21 heavy (non-hydrogen) atoms. The summed E-state index contributed by atoms with van der Waals surface area (Å²) in [7, 11) is 0. The monoisotopic (exact) mass is 297 g/mol. The normalized spacial score (nSPS) is 15.5. The van der Waals surface area contributed by atoms with Gasteiger partial charge in [-0.25, -0.2) is 0 Å². The van der Waals surface area contributed by atoms with Crippen LogP contribution in [0, 0.1) is 0 Å². The minimum Gasteiger partial charge on any atom is -0.493 e. The van der Waals surface area contributed by atoms with Crippen LogP contribution in [0.4, 0.5) is 5.69 Å². The summed E-state index contributed by atoms with van der Waals surface area (Å²) in [5.41, 5.74) is 1.78. The first-order valence-electron chi connectivity index (χ1n) is 6.79. The predicted octanol–water partition coefficient (Wildman–Crippen LogP) is 4.17. The van der Waals surface area contributed by atoms with Gasteiger partial charge in [-0.2, -0.15) is 0 Å². The van der Waals surface area contributed by atoms with Crippen molar-refractivity contribution in [2.75, 3.05) is 11.9 Å². The van der Waals surface area contributed by atoms with E-state index < -0.39 is 0 Å². The molecule has 1 aliphatic rings. The number of ether oxygens (including phenoxy) is 1. The number of rotatable bonds is 3. The van der Waals surface area contributed by atoms with Crippen LogP contribution in [0.3, 0.4) is 0 Å². The molecule has 0 unspecified atom stereocenters. The third kappa shape index (κ3) is 2.95. The first-order chi connectivity index (χ1) is 10.3. The standard InChI is InChI=1S/C17H15NO2S/c1-2-20-14-9-5-3-7-12(14)11-16-17(19)18-13-8-4-6-10-15(13)21-16/h3-11H,2H2,1H3,(H,18,19)/b16-11+. The zero-order valence-electron chi connectivity index (χ0n) is 11.6. The summed E-state index contributed by atoms with van der Waals surface area (Å²) in [6.07, 6.45) is 1.88. The fourth-order valence-corrected chi connectivity index (χ4v) is 3.07. The van der Waals surface area contributed by atoms with Gasteiger partial charge in [-0.15, -0.1) is 0 Å². The number of amides is 1. The second kappa shape index (κ2) is 6.06. The summed E-state index contributed by atoms with van der Waals surface area (Å²) in [4.78, 5) is 13.9. The molecule has 0 aliphatic carbocycles. The van der Waals surface area contributed by atoms with Crippen molar-refractivity contribution in [3.05, 3.63) is 59.0 Å². The number of fused-ring (bicyclic) bond motifs is 1. The van der Waals surface area contributed by atoms with Gasteiger partial charge in [0.05, 0.1) is 17.2 Å². The van der Waals surface area contributed by atoms with Gasteiger partial charge in [0.25, 0.3) is 5.91 Å². The molecule has 3 rings (SSSR count). The number of carbonyl (C=O) groups is 1. The van der Waals surface area contributed by atoms with E-state index in [1.807, 2.05) is 61.5 Å². The number of benzene rings is 2. The Kier molecular flexibility index (Phi) is 3.97. The zero-order valence-corrected chi connectivity index (χ0v) is 12.4. The lowest BCUT2D eigenvalue weighted by Gasteiger charge is -2.18. The smallest absolute Gasteiger partial charge is 0.262 e. The van der Waals surface area contributed by atoms with Crippen molar-refractivity contribution in [3.63, 3.8) is 0 Å². The summed E-state index contributed by atoms with van der Waals surface area (Å²) in [6, 6.07) is 15.5. The molecular formula is C17H15NO2S. The third-order valence-electron chi connectivity index (χ3n) is 3.08. The third-order valence-corrected chi connectivity index (χ3v) is 4.18. The summed E-state index contributed by atoms with van der Waals surface area (Å²) in [6.45, 7) is 2.55. The maximum Gasteiger partial charge on any atom is 0.262 e. The zero-order chi connectivity index (χ0) is 14.7. The number of para-hydroxylation sites is 2. The van der Waals surface area contributed by atoms with Crippen LogP contribution in [-0.2, 0) is 4.79 Å². The highest BCUT2D eigenvalue weighted by atomic mass is 32.2. The van der Waals surface area contributed by atoms with E-state index in [2.05, 4.69) is 5.32 Å². The van der Waals surface area contributed by atoms with Crippen molar-refractivity contribution < 1.29 is 9.53 Å². The average molecular weight is 297 g/mol. The highest BCUT2D eigenvalue weighted by Crippen LogP contribution is 2.39. The lowest BCUT2D eigenvalue weighted by atomic mass is 10.2. The van der Waals surface area contributed by atoms with Crippen LogP contribution >= 0.6 is 11.8 Å². The molecule has 2 aromatic carbocycles. The lowest BCUT2D eigenvalue weighted by Crippen LogP contribution is -2.17. The summed E-state index contributed by atoms with van der Waals surface area (Å²) < 4.78 is 5.60. The van der Waals surface area contributed by atoms with E-state index in [0.717, 1.165) is 21.9 Å². The van der Waals surface area contributed by atoms with Gasteiger partial charge in [0.1, 0.15) is 5.75 Å². The Morgan fingerprint density at radius 3 is 2.76 bits per heavy atom. The topological polar surface area (TPSA) is 38.3 Å². The molecule has 0 fully saturated rings. The first kappa shape index (κ1) is 13.8. The van der Waals surface area contributed by atoms with Crippen molar-refractivity contribution in [1.29, 1.82) is 0 Å². The largest absolute Gasteiger partial charge is 0.493 e. The van der Waals surface area contributed by atoms with Crippen molar-refractivity contribution in [2.45, 2.75) is 11.8 Å². The summed E-state index contributed by atoms with van der Waals surface area (Å²) in [5.74, 6) is 0.713. The van der Waals surface area contributed by atoms with E-state index >= 15 is 0 Å². The molecule has 2 aromatic rings. The quantitative estimate of drug-likeness (QED) is 0.864. The van der Waals surface area contributed by atoms with Crippen LogP contribution < -0.4 is 10.1 Å². The molecule has 0 saturated heterocycles. The number of carbonyl (C=O) groups excluding carboxylic acids is 1. The number of nitrogens with one attached hydrogen (secondary N) is 1. The summed E-state index contributed by atoms with van der Waals surface area (Å²) >= 11 is 1.48. The molecule has 1 N–H and O–H groups in total. The van der Waals surface area contributed by atoms with Crippen LogP contribution in [-0.4, -0.2) is 12.5 Å². The molecule has 0 saturated carbocycles. The Morgan fingerprint density at radius 1 is 1.14 bits per heavy atom. The minimum absolute atomic E-state index is 0.0787. The first-order valence-corrected chi connectivity index (χ1v) is 7.61. The van der Waals surface area contributed by atoms with Crippen LogP contribution in [0.5, 0.6) is 5.75 Å². The molecule has 1 heterocycles. The molecule has 0 radical (unpaired) electrons. The maximum absolute atomic E-state index is 12.2. The van der Waals surface area contributed by atoms with E-state index in [1.54, 1.807) is 0 Å². The number of anilines is 1. The Balaban J connectivity index is 1.96. The lowest BCUT2D eigenvalue weighted by molar-refractivity contribution is -0.112. The minimum atomic E-state index is -0.0787. The molecule has 0 atom stereocenters. The molecule has 1 aliphatic heterocycles. The fraction of sp³-hybridized carbons (Fsp3) is 0.118. The van der Waals surface area contributed by atoms with E-state index in [4.69, 9.17) is 4.74 Å².